The molecule has 0 saturated carbocycles. The number of esters is 1. The highest BCUT2D eigenvalue weighted by molar-refractivity contribution is 5.97. The fraction of sp³-hybridized carbons (Fsp3) is 0.278. The van der Waals surface area contributed by atoms with Crippen molar-refractivity contribution in [1.29, 1.82) is 0 Å². The van der Waals surface area contributed by atoms with Crippen LogP contribution in [-0.2, 0) is 11.2 Å². The number of oxazole rings is 1. The Morgan fingerprint density at radius 3 is 2.67 bits per heavy atom. The van der Waals surface area contributed by atoms with Gasteiger partial charge in [0, 0.05) is 5.56 Å². The van der Waals surface area contributed by atoms with E-state index in [-0.39, 0.29) is 17.0 Å². The van der Waals surface area contributed by atoms with E-state index in [1.165, 1.54) is 7.11 Å². The summed E-state index contributed by atoms with van der Waals surface area (Å²) in [6.07, 6.45) is 2.50. The van der Waals surface area contributed by atoms with Gasteiger partial charge in [-0.25, -0.2) is 14.8 Å². The molecule has 0 unspecified atom stereocenters. The molecular formula is C18H18N2O4. The Kier molecular flexibility index (Phi) is 4.46. The van der Waals surface area contributed by atoms with E-state index in [4.69, 9.17) is 9.15 Å². The molecule has 1 aromatic carbocycles. The first kappa shape index (κ1) is 16.0. The average Bonchev–Trinajstić information content (AvgIpc) is 3.07. The second-order valence-electron chi connectivity index (χ2n) is 5.41. The highest BCUT2D eigenvalue weighted by Gasteiger charge is 2.24. The van der Waals surface area contributed by atoms with E-state index in [1.54, 1.807) is 0 Å². The number of pyridine rings is 1. The zero-order valence-electron chi connectivity index (χ0n) is 13.6. The van der Waals surface area contributed by atoms with Gasteiger partial charge in [0.15, 0.2) is 11.4 Å². The van der Waals surface area contributed by atoms with Crippen LogP contribution in [-0.4, -0.2) is 28.2 Å². The predicted octanol–water partition coefficient (Wildman–Crippen LogP) is 3.72. The van der Waals surface area contributed by atoms with Crippen LogP contribution in [0.25, 0.3) is 22.6 Å². The van der Waals surface area contributed by atoms with Gasteiger partial charge in [-0.3, -0.25) is 0 Å². The van der Waals surface area contributed by atoms with Crippen LogP contribution in [0.15, 0.2) is 34.7 Å². The lowest BCUT2D eigenvalue weighted by atomic mass is 10.1. The molecule has 0 amide bonds. The van der Waals surface area contributed by atoms with Crippen LogP contribution in [0.5, 0.6) is 5.75 Å². The first-order valence-corrected chi connectivity index (χ1v) is 7.81. The number of benzene rings is 1. The van der Waals surface area contributed by atoms with E-state index in [9.17, 15) is 9.90 Å². The fourth-order valence-corrected chi connectivity index (χ4v) is 2.49. The number of hydrogen-bond donors (Lipinski definition) is 1. The summed E-state index contributed by atoms with van der Waals surface area (Å²) >= 11 is 0. The zero-order chi connectivity index (χ0) is 17.1. The minimum Gasteiger partial charge on any atom is -0.503 e. The third-order valence-corrected chi connectivity index (χ3v) is 3.75. The van der Waals surface area contributed by atoms with Crippen LogP contribution in [0.1, 0.15) is 35.9 Å². The van der Waals surface area contributed by atoms with Crippen molar-refractivity contribution < 1.29 is 19.1 Å². The third-order valence-electron chi connectivity index (χ3n) is 3.75. The number of ether oxygens (including phenoxy) is 1. The monoisotopic (exact) mass is 326 g/mol. The van der Waals surface area contributed by atoms with Crippen molar-refractivity contribution in [3.05, 3.63) is 41.7 Å². The van der Waals surface area contributed by atoms with Gasteiger partial charge in [0.1, 0.15) is 5.52 Å². The maximum atomic E-state index is 11.9. The molecule has 0 fully saturated rings. The Bertz CT molecular complexity index is 872. The molecule has 0 bridgehead atoms. The fourth-order valence-electron chi connectivity index (χ4n) is 2.49. The van der Waals surface area contributed by atoms with Crippen molar-refractivity contribution in [3.63, 3.8) is 0 Å². The lowest BCUT2D eigenvalue weighted by Gasteiger charge is -2.06. The van der Waals surface area contributed by atoms with Gasteiger partial charge in [-0.05, 0) is 25.0 Å². The van der Waals surface area contributed by atoms with Crippen LogP contribution in [0, 0.1) is 0 Å². The van der Waals surface area contributed by atoms with Gasteiger partial charge in [0.05, 0.1) is 12.8 Å². The minimum atomic E-state index is -0.704. The molecule has 2 aromatic heterocycles. The minimum absolute atomic E-state index is 0.146. The number of carbonyl (C=O) groups excluding carboxylic acids is 1. The highest BCUT2D eigenvalue weighted by Crippen LogP contribution is 2.34. The standard InChI is InChI=1S/C18H18N2O4/c1-3-4-10-12-13-16(15(21)14(19-12)18(22)23-2)24-17(20-13)11-8-6-5-7-9-11/h5-9,21H,3-4,10H2,1-2H3. The Morgan fingerprint density at radius 1 is 1.25 bits per heavy atom. The molecule has 3 aromatic rings. The average molecular weight is 326 g/mol. The molecule has 0 saturated heterocycles. The van der Waals surface area contributed by atoms with Crippen molar-refractivity contribution in [2.75, 3.05) is 7.11 Å². The summed E-state index contributed by atoms with van der Waals surface area (Å²) in [7, 11) is 1.25. The maximum absolute atomic E-state index is 11.9. The lowest BCUT2D eigenvalue weighted by Crippen LogP contribution is -2.07. The van der Waals surface area contributed by atoms with Crippen molar-refractivity contribution in [2.45, 2.75) is 26.2 Å². The summed E-state index contributed by atoms with van der Waals surface area (Å²) < 4.78 is 10.4. The van der Waals surface area contributed by atoms with Crippen molar-refractivity contribution in [1.82, 2.24) is 9.97 Å². The molecule has 0 spiro atoms. The number of nitrogens with zero attached hydrogens (tertiary/aromatic N) is 2. The first-order valence-electron chi connectivity index (χ1n) is 7.81. The molecule has 124 valence electrons. The number of aromatic hydroxyl groups is 1. The molecule has 0 radical (unpaired) electrons. The van der Waals surface area contributed by atoms with Crippen molar-refractivity contribution >= 4 is 17.1 Å². The van der Waals surface area contributed by atoms with Crippen LogP contribution in [0.3, 0.4) is 0 Å². The number of carbonyl (C=O) groups is 1. The molecule has 6 heteroatoms. The topological polar surface area (TPSA) is 85.5 Å². The number of hydrogen-bond acceptors (Lipinski definition) is 6. The molecule has 1 N–H and O–H groups in total. The molecule has 0 aliphatic rings. The molecular weight excluding hydrogens is 308 g/mol. The van der Waals surface area contributed by atoms with E-state index in [1.807, 2.05) is 30.3 Å². The SMILES string of the molecule is CCCCc1nc(C(=O)OC)c(O)c2oc(-c3ccccc3)nc12. The van der Waals surface area contributed by atoms with Crippen LogP contribution < -0.4 is 0 Å². The predicted molar refractivity (Wildman–Crippen MR) is 88.9 cm³/mol. The molecule has 0 aliphatic carbocycles. The van der Waals surface area contributed by atoms with Gasteiger partial charge in [0.2, 0.25) is 11.5 Å². The summed E-state index contributed by atoms with van der Waals surface area (Å²) in [5, 5.41) is 10.4. The number of fused-ring (bicyclic) bond motifs is 1. The highest BCUT2D eigenvalue weighted by atomic mass is 16.5. The largest absolute Gasteiger partial charge is 0.503 e. The number of unbranched alkanes of at least 4 members (excludes halogenated alkanes) is 1. The molecule has 24 heavy (non-hydrogen) atoms. The van der Waals surface area contributed by atoms with E-state index in [0.717, 1.165) is 18.4 Å². The second-order valence-corrected chi connectivity index (χ2v) is 5.41. The van der Waals surface area contributed by atoms with Gasteiger partial charge in [0.25, 0.3) is 0 Å². The number of aromatic nitrogens is 2. The van der Waals surface area contributed by atoms with Crippen LogP contribution in [0.4, 0.5) is 0 Å². The zero-order valence-corrected chi connectivity index (χ0v) is 13.6. The Hall–Kier alpha value is -2.89. The number of aryl methyl sites for hydroxylation is 1. The van der Waals surface area contributed by atoms with Gasteiger partial charge in [-0.1, -0.05) is 31.5 Å². The van der Waals surface area contributed by atoms with E-state index in [2.05, 4.69) is 16.9 Å². The van der Waals surface area contributed by atoms with Gasteiger partial charge < -0.3 is 14.3 Å². The van der Waals surface area contributed by atoms with Gasteiger partial charge in [-0.15, -0.1) is 0 Å². The van der Waals surface area contributed by atoms with Crippen molar-refractivity contribution in [2.24, 2.45) is 0 Å². The molecule has 0 aliphatic heterocycles. The molecule has 6 nitrogen and oxygen atoms in total. The maximum Gasteiger partial charge on any atom is 0.360 e. The lowest BCUT2D eigenvalue weighted by molar-refractivity contribution is 0.0590. The molecule has 2 heterocycles. The summed E-state index contributed by atoms with van der Waals surface area (Å²) in [5.41, 5.74) is 1.90. The third kappa shape index (κ3) is 2.82. The van der Waals surface area contributed by atoms with Gasteiger partial charge >= 0.3 is 5.97 Å². The van der Waals surface area contributed by atoms with E-state index in [0.29, 0.717) is 23.5 Å². The van der Waals surface area contributed by atoms with E-state index >= 15 is 0 Å². The first-order chi connectivity index (χ1) is 11.7. The molecule has 0 atom stereocenters. The number of methoxy groups -OCH3 is 1. The smallest absolute Gasteiger partial charge is 0.360 e. The summed E-state index contributed by atoms with van der Waals surface area (Å²) in [5.74, 6) is -0.668. The summed E-state index contributed by atoms with van der Waals surface area (Å²) in [6.45, 7) is 2.07. The normalized spacial score (nSPS) is 10.9. The van der Waals surface area contributed by atoms with Crippen molar-refractivity contribution in [3.8, 4) is 17.2 Å². The summed E-state index contributed by atoms with van der Waals surface area (Å²) in [4.78, 5) is 20.6. The van der Waals surface area contributed by atoms with E-state index < -0.39 is 5.97 Å². The van der Waals surface area contributed by atoms with Crippen LogP contribution >= 0.6 is 0 Å². The van der Waals surface area contributed by atoms with Gasteiger partial charge in [-0.2, -0.15) is 0 Å². The Morgan fingerprint density at radius 2 is 2.00 bits per heavy atom. The van der Waals surface area contributed by atoms with Crippen LogP contribution in [0.2, 0.25) is 0 Å². The Labute approximate surface area is 139 Å². The number of rotatable bonds is 5. The Balaban J connectivity index is 2.21. The summed E-state index contributed by atoms with van der Waals surface area (Å²) in [6, 6.07) is 9.37. The second kappa shape index (κ2) is 6.70. The quantitative estimate of drug-likeness (QED) is 0.719. The molecule has 3 rings (SSSR count).